The fraction of sp³-hybridized carbons (Fsp3) is 0.444. The molecule has 0 saturated carbocycles. The van der Waals surface area contributed by atoms with Crippen molar-refractivity contribution in [2.75, 3.05) is 13.2 Å². The molecule has 0 aliphatic carbocycles. The molecule has 118 valence electrons. The second-order valence-electron chi connectivity index (χ2n) is 5.58. The fourth-order valence-corrected chi connectivity index (χ4v) is 2.66. The van der Waals surface area contributed by atoms with Crippen molar-refractivity contribution < 1.29 is 14.3 Å². The van der Waals surface area contributed by atoms with Gasteiger partial charge < -0.3 is 9.64 Å². The zero-order chi connectivity index (χ0) is 15.8. The van der Waals surface area contributed by atoms with Crippen molar-refractivity contribution in [1.82, 2.24) is 4.90 Å². The van der Waals surface area contributed by atoms with Gasteiger partial charge in [0.1, 0.15) is 6.61 Å². The molecule has 2 rings (SSSR count). The SMILES string of the molecule is CC(=O)OC/C=C/C1CCCCN(Cc2ccccc2)C1=O. The summed E-state index contributed by atoms with van der Waals surface area (Å²) in [6.07, 6.45) is 6.59. The molecule has 1 unspecified atom stereocenters. The van der Waals surface area contributed by atoms with Crippen LogP contribution in [0.1, 0.15) is 31.7 Å². The van der Waals surface area contributed by atoms with E-state index in [1.54, 1.807) is 6.08 Å². The average Bonchev–Trinajstić information content (AvgIpc) is 2.68. The molecule has 1 heterocycles. The highest BCUT2D eigenvalue weighted by Gasteiger charge is 2.24. The van der Waals surface area contributed by atoms with Crippen molar-refractivity contribution in [3.05, 3.63) is 48.0 Å². The van der Waals surface area contributed by atoms with Crippen LogP contribution in [-0.2, 0) is 20.9 Å². The highest BCUT2D eigenvalue weighted by atomic mass is 16.5. The van der Waals surface area contributed by atoms with Gasteiger partial charge in [-0.05, 0) is 18.4 Å². The van der Waals surface area contributed by atoms with Gasteiger partial charge in [0.25, 0.3) is 0 Å². The van der Waals surface area contributed by atoms with Crippen LogP contribution in [0, 0.1) is 5.92 Å². The van der Waals surface area contributed by atoms with Crippen molar-refractivity contribution in [3.8, 4) is 0 Å². The van der Waals surface area contributed by atoms with Crippen molar-refractivity contribution in [3.63, 3.8) is 0 Å². The highest BCUT2D eigenvalue weighted by molar-refractivity contribution is 5.80. The van der Waals surface area contributed by atoms with E-state index < -0.39 is 0 Å². The number of rotatable bonds is 5. The number of nitrogens with zero attached hydrogens (tertiary/aromatic N) is 1. The van der Waals surface area contributed by atoms with Gasteiger partial charge in [0.15, 0.2) is 0 Å². The first-order valence-electron chi connectivity index (χ1n) is 7.79. The van der Waals surface area contributed by atoms with Crippen LogP contribution in [0.25, 0.3) is 0 Å². The van der Waals surface area contributed by atoms with Crippen LogP contribution in [0.15, 0.2) is 42.5 Å². The Kier molecular flexibility index (Phi) is 6.19. The third kappa shape index (κ3) is 5.02. The Hall–Kier alpha value is -2.10. The summed E-state index contributed by atoms with van der Waals surface area (Å²) in [7, 11) is 0. The summed E-state index contributed by atoms with van der Waals surface area (Å²) >= 11 is 0. The Morgan fingerprint density at radius 3 is 2.82 bits per heavy atom. The smallest absolute Gasteiger partial charge is 0.302 e. The van der Waals surface area contributed by atoms with Crippen molar-refractivity contribution in [2.45, 2.75) is 32.7 Å². The minimum absolute atomic E-state index is 0.109. The minimum Gasteiger partial charge on any atom is -0.462 e. The molecule has 1 aromatic rings. The maximum atomic E-state index is 12.6. The van der Waals surface area contributed by atoms with Gasteiger partial charge in [-0.15, -0.1) is 0 Å². The first-order chi connectivity index (χ1) is 10.7. The van der Waals surface area contributed by atoms with Crippen molar-refractivity contribution in [2.24, 2.45) is 5.92 Å². The van der Waals surface area contributed by atoms with E-state index >= 15 is 0 Å². The molecule has 4 heteroatoms. The molecule has 1 aliphatic rings. The van der Waals surface area contributed by atoms with Crippen LogP contribution in [0.5, 0.6) is 0 Å². The molecular weight excluding hydrogens is 278 g/mol. The highest BCUT2D eigenvalue weighted by Crippen LogP contribution is 2.21. The molecule has 1 atom stereocenters. The zero-order valence-electron chi connectivity index (χ0n) is 13.0. The lowest BCUT2D eigenvalue weighted by atomic mass is 10.0. The first-order valence-corrected chi connectivity index (χ1v) is 7.79. The van der Waals surface area contributed by atoms with Crippen LogP contribution >= 0.6 is 0 Å². The number of carbonyl (C=O) groups is 2. The van der Waals surface area contributed by atoms with Gasteiger partial charge in [-0.3, -0.25) is 9.59 Å². The van der Waals surface area contributed by atoms with E-state index in [2.05, 4.69) is 0 Å². The predicted octanol–water partition coefficient (Wildman–Crippen LogP) is 2.93. The van der Waals surface area contributed by atoms with Gasteiger partial charge in [0.05, 0.1) is 5.92 Å². The first kappa shape index (κ1) is 16.3. The average molecular weight is 301 g/mol. The second kappa shape index (κ2) is 8.37. The van der Waals surface area contributed by atoms with E-state index in [1.807, 2.05) is 41.3 Å². The molecule has 1 aliphatic heterocycles. The molecule has 0 aromatic heterocycles. The molecule has 1 fully saturated rings. The van der Waals surface area contributed by atoms with Crippen LogP contribution < -0.4 is 0 Å². The Morgan fingerprint density at radius 2 is 2.09 bits per heavy atom. The Balaban J connectivity index is 1.96. The van der Waals surface area contributed by atoms with Crippen LogP contribution in [0.4, 0.5) is 0 Å². The lowest BCUT2D eigenvalue weighted by molar-refractivity contribution is -0.139. The number of hydrogen-bond acceptors (Lipinski definition) is 3. The number of likely N-dealkylation sites (tertiary alicyclic amines) is 1. The van der Waals surface area contributed by atoms with E-state index in [0.717, 1.165) is 31.4 Å². The van der Waals surface area contributed by atoms with Crippen molar-refractivity contribution in [1.29, 1.82) is 0 Å². The molecule has 1 amide bonds. The summed E-state index contributed by atoms with van der Waals surface area (Å²) in [5.74, 6) is -0.246. The number of esters is 1. The molecule has 1 aromatic carbocycles. The normalized spacial score (nSPS) is 19.2. The standard InChI is InChI=1S/C18H23NO3/c1-15(20)22-13-7-11-17-10-5-6-12-19(18(17)21)14-16-8-3-2-4-9-16/h2-4,7-9,11,17H,5-6,10,12-14H2,1H3/b11-7+. The van der Waals surface area contributed by atoms with Gasteiger partial charge >= 0.3 is 5.97 Å². The third-order valence-corrected chi connectivity index (χ3v) is 3.79. The quantitative estimate of drug-likeness (QED) is 0.620. The second-order valence-corrected chi connectivity index (χ2v) is 5.58. The number of amides is 1. The Bertz CT molecular complexity index is 524. The molecule has 0 N–H and O–H groups in total. The van der Waals surface area contributed by atoms with E-state index in [1.165, 1.54) is 6.92 Å². The minimum atomic E-state index is -0.303. The van der Waals surface area contributed by atoms with Gasteiger partial charge in [0.2, 0.25) is 5.91 Å². The van der Waals surface area contributed by atoms with E-state index in [9.17, 15) is 9.59 Å². The summed E-state index contributed by atoms with van der Waals surface area (Å²) in [6.45, 7) is 3.08. The Labute approximate surface area is 131 Å². The molecule has 0 radical (unpaired) electrons. The molecule has 0 bridgehead atoms. The third-order valence-electron chi connectivity index (χ3n) is 3.79. The summed E-state index contributed by atoms with van der Waals surface area (Å²) in [6, 6.07) is 10.1. The van der Waals surface area contributed by atoms with Gasteiger partial charge in [-0.2, -0.15) is 0 Å². The fourth-order valence-electron chi connectivity index (χ4n) is 2.66. The monoisotopic (exact) mass is 301 g/mol. The summed E-state index contributed by atoms with van der Waals surface area (Å²) in [5.41, 5.74) is 1.15. The maximum absolute atomic E-state index is 12.6. The molecule has 22 heavy (non-hydrogen) atoms. The Morgan fingerprint density at radius 1 is 1.32 bits per heavy atom. The molecule has 1 saturated heterocycles. The number of carbonyl (C=O) groups excluding carboxylic acids is 2. The zero-order valence-corrected chi connectivity index (χ0v) is 13.0. The van der Waals surface area contributed by atoms with Crippen molar-refractivity contribution >= 4 is 11.9 Å². The van der Waals surface area contributed by atoms with E-state index in [0.29, 0.717) is 6.54 Å². The number of hydrogen-bond donors (Lipinski definition) is 0. The summed E-state index contributed by atoms with van der Waals surface area (Å²) in [5, 5.41) is 0. The molecule has 4 nitrogen and oxygen atoms in total. The lowest BCUT2D eigenvalue weighted by Gasteiger charge is -2.23. The molecular formula is C18H23NO3. The van der Waals surface area contributed by atoms with Crippen LogP contribution in [-0.4, -0.2) is 29.9 Å². The summed E-state index contributed by atoms with van der Waals surface area (Å²) < 4.78 is 4.87. The number of benzene rings is 1. The molecule has 0 spiro atoms. The van der Waals surface area contributed by atoms with Gasteiger partial charge in [-0.1, -0.05) is 48.9 Å². The van der Waals surface area contributed by atoms with Gasteiger partial charge in [-0.25, -0.2) is 0 Å². The number of ether oxygens (including phenoxy) is 1. The maximum Gasteiger partial charge on any atom is 0.302 e. The van der Waals surface area contributed by atoms with E-state index in [-0.39, 0.29) is 24.4 Å². The van der Waals surface area contributed by atoms with Gasteiger partial charge in [0, 0.05) is 20.0 Å². The topological polar surface area (TPSA) is 46.6 Å². The van der Waals surface area contributed by atoms with Crippen LogP contribution in [0.3, 0.4) is 0 Å². The summed E-state index contributed by atoms with van der Waals surface area (Å²) in [4.78, 5) is 25.3. The van der Waals surface area contributed by atoms with Crippen LogP contribution in [0.2, 0.25) is 0 Å². The largest absolute Gasteiger partial charge is 0.462 e. The predicted molar refractivity (Wildman–Crippen MR) is 85.0 cm³/mol. The lowest BCUT2D eigenvalue weighted by Crippen LogP contribution is -2.34. The van der Waals surface area contributed by atoms with E-state index in [4.69, 9.17) is 4.74 Å².